The third-order valence-electron chi connectivity index (χ3n) is 5.36. The number of halogens is 1. The van der Waals surface area contributed by atoms with Crippen molar-refractivity contribution in [1.82, 2.24) is 14.5 Å². The largest absolute Gasteiger partial charge is 0.369 e. The summed E-state index contributed by atoms with van der Waals surface area (Å²) >= 11 is 0. The van der Waals surface area contributed by atoms with Gasteiger partial charge >= 0.3 is 0 Å². The second-order valence-corrected chi connectivity index (χ2v) is 7.40. The Kier molecular flexibility index (Phi) is 4.94. The number of benzene rings is 1. The van der Waals surface area contributed by atoms with Crippen molar-refractivity contribution in [1.29, 1.82) is 0 Å². The van der Waals surface area contributed by atoms with E-state index in [0.717, 1.165) is 40.2 Å². The molecule has 2 atom stereocenters. The number of nitrogens with zero attached hydrogens (tertiary/aromatic N) is 3. The lowest BCUT2D eigenvalue weighted by Crippen LogP contribution is -2.13. The topological polar surface area (TPSA) is 73.8 Å². The van der Waals surface area contributed by atoms with E-state index in [1.165, 1.54) is 0 Å². The first-order chi connectivity index (χ1) is 13.6. The maximum Gasteiger partial charge on any atom is 0.221 e. The summed E-state index contributed by atoms with van der Waals surface area (Å²) in [5.41, 5.74) is 11.3. The lowest BCUT2D eigenvalue weighted by molar-refractivity contribution is -0.119. The van der Waals surface area contributed by atoms with Gasteiger partial charge in [-0.25, -0.2) is 9.37 Å². The summed E-state index contributed by atoms with van der Waals surface area (Å²) in [4.78, 5) is 20.3. The number of pyridine rings is 1. The minimum absolute atomic E-state index is 0.0437. The average molecular weight is 378 g/mol. The minimum atomic E-state index is -0.445. The zero-order chi connectivity index (χ0) is 19.7. The molecule has 2 heterocycles. The molecule has 1 saturated carbocycles. The number of primary amides is 1. The molecule has 0 radical (unpaired) electrons. The first kappa shape index (κ1) is 18.3. The van der Waals surface area contributed by atoms with Crippen molar-refractivity contribution in [2.45, 2.75) is 32.2 Å². The highest BCUT2D eigenvalue weighted by Gasteiger charge is 2.42. The van der Waals surface area contributed by atoms with Crippen LogP contribution in [0.4, 0.5) is 4.39 Å². The number of aromatic nitrogens is 3. The summed E-state index contributed by atoms with van der Waals surface area (Å²) in [5.74, 6) is -0.0448. The fraction of sp³-hybridized carbons (Fsp3) is 0.318. The predicted molar refractivity (Wildman–Crippen MR) is 105 cm³/mol. The Morgan fingerprint density at radius 2 is 2.00 bits per heavy atom. The Balaban J connectivity index is 1.62. The molecular formula is C22H23FN4O. The number of amides is 1. The molecule has 0 aliphatic heterocycles. The second-order valence-electron chi connectivity index (χ2n) is 7.40. The van der Waals surface area contributed by atoms with Gasteiger partial charge < -0.3 is 10.3 Å². The Hall–Kier alpha value is -3.02. The fourth-order valence-corrected chi connectivity index (χ4v) is 3.66. The van der Waals surface area contributed by atoms with Gasteiger partial charge in [0.2, 0.25) is 5.91 Å². The van der Waals surface area contributed by atoms with Crippen molar-refractivity contribution in [3.63, 3.8) is 0 Å². The van der Waals surface area contributed by atoms with E-state index < -0.39 is 6.67 Å². The highest BCUT2D eigenvalue weighted by Crippen LogP contribution is 2.47. The molecule has 0 bridgehead atoms. The Morgan fingerprint density at radius 3 is 2.61 bits per heavy atom. The monoisotopic (exact) mass is 378 g/mol. The summed E-state index contributed by atoms with van der Waals surface area (Å²) < 4.78 is 14.9. The quantitative estimate of drug-likeness (QED) is 0.685. The SMILES string of the molecule is Cc1ccc(Cc2c(-c3ccc(C4CC4C(N)=O)cc3)ncn2CCF)nc1. The van der Waals surface area contributed by atoms with Crippen LogP contribution >= 0.6 is 0 Å². The van der Waals surface area contributed by atoms with E-state index in [2.05, 4.69) is 9.97 Å². The van der Waals surface area contributed by atoms with E-state index in [0.29, 0.717) is 6.42 Å². The van der Waals surface area contributed by atoms with Crippen LogP contribution in [0.1, 0.15) is 34.9 Å². The van der Waals surface area contributed by atoms with Gasteiger partial charge in [0, 0.05) is 29.8 Å². The summed E-state index contributed by atoms with van der Waals surface area (Å²) in [7, 11) is 0. The summed E-state index contributed by atoms with van der Waals surface area (Å²) in [6.07, 6.45) is 4.94. The van der Waals surface area contributed by atoms with Crippen LogP contribution in [-0.2, 0) is 17.8 Å². The fourth-order valence-electron chi connectivity index (χ4n) is 3.66. The number of carbonyl (C=O) groups is 1. The molecule has 2 N–H and O–H groups in total. The second kappa shape index (κ2) is 7.54. The standard InChI is InChI=1S/C22H23FN4O/c1-14-2-7-17(25-12-14)10-20-21(26-13-27(20)9-8-23)16-5-3-15(4-6-16)18-11-19(18)22(24)28/h2-7,12-13,18-19H,8-11H2,1H3,(H2,24,28). The summed E-state index contributed by atoms with van der Waals surface area (Å²) in [5, 5.41) is 0. The van der Waals surface area contributed by atoms with Crippen LogP contribution in [0.5, 0.6) is 0 Å². The average Bonchev–Trinajstić information content (AvgIpc) is 3.41. The van der Waals surface area contributed by atoms with Gasteiger partial charge in [0.25, 0.3) is 0 Å². The van der Waals surface area contributed by atoms with Gasteiger partial charge in [0.15, 0.2) is 0 Å². The number of nitrogens with two attached hydrogens (primary N) is 1. The number of carbonyl (C=O) groups excluding carboxylic acids is 1. The molecule has 3 aromatic rings. The zero-order valence-corrected chi connectivity index (χ0v) is 15.8. The van der Waals surface area contributed by atoms with Crippen LogP contribution in [0, 0.1) is 12.8 Å². The van der Waals surface area contributed by atoms with E-state index in [4.69, 9.17) is 5.73 Å². The molecule has 1 aliphatic carbocycles. The van der Waals surface area contributed by atoms with Crippen molar-refractivity contribution in [2.24, 2.45) is 11.7 Å². The van der Waals surface area contributed by atoms with Crippen molar-refractivity contribution >= 4 is 5.91 Å². The van der Waals surface area contributed by atoms with Crippen molar-refractivity contribution in [3.05, 3.63) is 71.4 Å². The van der Waals surface area contributed by atoms with Crippen LogP contribution in [0.3, 0.4) is 0 Å². The van der Waals surface area contributed by atoms with E-state index >= 15 is 0 Å². The molecule has 144 valence electrons. The Bertz CT molecular complexity index is 979. The van der Waals surface area contributed by atoms with Crippen LogP contribution in [0.25, 0.3) is 11.3 Å². The number of aryl methyl sites for hydroxylation is 2. The Morgan fingerprint density at radius 1 is 1.21 bits per heavy atom. The summed E-state index contributed by atoms with van der Waals surface area (Å²) in [6.45, 7) is 1.83. The van der Waals surface area contributed by atoms with Crippen molar-refractivity contribution < 1.29 is 9.18 Å². The van der Waals surface area contributed by atoms with Crippen LogP contribution in [0.2, 0.25) is 0 Å². The van der Waals surface area contributed by atoms with E-state index in [1.54, 1.807) is 6.33 Å². The number of hydrogen-bond donors (Lipinski definition) is 1. The molecule has 1 amide bonds. The van der Waals surface area contributed by atoms with Gasteiger partial charge in [0.05, 0.1) is 24.3 Å². The molecular weight excluding hydrogens is 355 g/mol. The molecule has 2 aromatic heterocycles. The maximum absolute atomic E-state index is 13.0. The van der Waals surface area contributed by atoms with Gasteiger partial charge in [-0.3, -0.25) is 9.78 Å². The molecule has 0 saturated heterocycles. The molecule has 28 heavy (non-hydrogen) atoms. The first-order valence-electron chi connectivity index (χ1n) is 9.48. The smallest absolute Gasteiger partial charge is 0.221 e. The number of rotatable bonds is 7. The van der Waals surface area contributed by atoms with E-state index in [1.807, 2.05) is 54.1 Å². The van der Waals surface area contributed by atoms with Gasteiger partial charge in [-0.15, -0.1) is 0 Å². The lowest BCUT2D eigenvalue weighted by atomic mass is 10.0. The third-order valence-corrected chi connectivity index (χ3v) is 5.36. The normalized spacial score (nSPS) is 18.2. The number of hydrogen-bond acceptors (Lipinski definition) is 3. The predicted octanol–water partition coefficient (Wildman–Crippen LogP) is 3.40. The molecule has 2 unspecified atom stereocenters. The molecule has 4 rings (SSSR count). The van der Waals surface area contributed by atoms with Gasteiger partial charge in [-0.05, 0) is 36.5 Å². The molecule has 1 fully saturated rings. The van der Waals surface area contributed by atoms with E-state index in [-0.39, 0.29) is 24.3 Å². The maximum atomic E-state index is 13.0. The highest BCUT2D eigenvalue weighted by atomic mass is 19.1. The number of alkyl halides is 1. The third kappa shape index (κ3) is 3.67. The summed E-state index contributed by atoms with van der Waals surface area (Å²) in [6, 6.07) is 12.1. The molecule has 1 aliphatic rings. The molecule has 1 aromatic carbocycles. The lowest BCUT2D eigenvalue weighted by Gasteiger charge is -2.10. The zero-order valence-electron chi connectivity index (χ0n) is 15.8. The van der Waals surface area contributed by atoms with Crippen LogP contribution < -0.4 is 5.73 Å². The highest BCUT2D eigenvalue weighted by molar-refractivity contribution is 5.81. The minimum Gasteiger partial charge on any atom is -0.369 e. The van der Waals surface area contributed by atoms with Crippen LogP contribution in [0.15, 0.2) is 48.9 Å². The molecule has 0 spiro atoms. The van der Waals surface area contributed by atoms with E-state index in [9.17, 15) is 9.18 Å². The van der Waals surface area contributed by atoms with Crippen LogP contribution in [-0.4, -0.2) is 27.1 Å². The van der Waals surface area contributed by atoms with Gasteiger partial charge in [-0.2, -0.15) is 0 Å². The van der Waals surface area contributed by atoms with Gasteiger partial charge in [-0.1, -0.05) is 30.3 Å². The first-order valence-corrected chi connectivity index (χ1v) is 9.48. The van der Waals surface area contributed by atoms with Crippen molar-refractivity contribution in [2.75, 3.05) is 6.67 Å². The number of imidazole rings is 1. The molecule has 6 heteroatoms. The van der Waals surface area contributed by atoms with Gasteiger partial charge in [0.1, 0.15) is 6.67 Å². The molecule has 5 nitrogen and oxygen atoms in total. The Labute approximate surface area is 163 Å². The van der Waals surface area contributed by atoms with Crippen molar-refractivity contribution in [3.8, 4) is 11.3 Å².